The first-order valence-electron chi connectivity index (χ1n) is 6.87. The van der Waals surface area contributed by atoms with Gasteiger partial charge in [0.05, 0.1) is 0 Å². The highest BCUT2D eigenvalue weighted by Gasteiger charge is 2.24. The summed E-state index contributed by atoms with van der Waals surface area (Å²) in [5.74, 6) is 2.12. The predicted octanol–water partition coefficient (Wildman–Crippen LogP) is 3.78. The van der Waals surface area contributed by atoms with Gasteiger partial charge in [0.2, 0.25) is 5.91 Å². The standard InChI is InChI=1S/C16H25NOS/c1-5-16(3,4)15(18)17-10-11-19-12-14-8-6-13(2)7-9-14/h6-9H,5,10-12H2,1-4H3,(H,17,18). The number of hydrogen-bond donors (Lipinski definition) is 1. The second-order valence-corrected chi connectivity index (χ2v) is 6.64. The minimum atomic E-state index is -0.248. The van der Waals surface area contributed by atoms with Gasteiger partial charge in [0, 0.05) is 23.5 Å². The lowest BCUT2D eigenvalue weighted by atomic mass is 9.89. The van der Waals surface area contributed by atoms with Crippen LogP contribution in [0.5, 0.6) is 0 Å². The van der Waals surface area contributed by atoms with Crippen LogP contribution >= 0.6 is 11.8 Å². The average molecular weight is 279 g/mol. The molecule has 2 nitrogen and oxygen atoms in total. The number of benzene rings is 1. The van der Waals surface area contributed by atoms with Gasteiger partial charge in [-0.05, 0) is 18.9 Å². The summed E-state index contributed by atoms with van der Waals surface area (Å²) < 4.78 is 0. The largest absolute Gasteiger partial charge is 0.355 e. The Balaban J connectivity index is 2.18. The molecule has 0 saturated heterocycles. The van der Waals surface area contributed by atoms with Crippen LogP contribution in [-0.4, -0.2) is 18.2 Å². The predicted molar refractivity (Wildman–Crippen MR) is 84.4 cm³/mol. The van der Waals surface area contributed by atoms with Crippen LogP contribution in [0.25, 0.3) is 0 Å². The lowest BCUT2D eigenvalue weighted by molar-refractivity contribution is -0.129. The second kappa shape index (κ2) is 7.59. The molecule has 0 bridgehead atoms. The molecule has 0 atom stereocenters. The Morgan fingerprint density at radius 3 is 2.47 bits per heavy atom. The summed E-state index contributed by atoms with van der Waals surface area (Å²) in [5, 5.41) is 3.01. The third-order valence-electron chi connectivity index (χ3n) is 3.42. The van der Waals surface area contributed by atoms with Crippen LogP contribution in [0.1, 0.15) is 38.3 Å². The van der Waals surface area contributed by atoms with Gasteiger partial charge in [-0.3, -0.25) is 4.79 Å². The Labute approximate surface area is 121 Å². The van der Waals surface area contributed by atoms with Crippen molar-refractivity contribution in [1.29, 1.82) is 0 Å². The Hall–Kier alpha value is -0.960. The van der Waals surface area contributed by atoms with Gasteiger partial charge >= 0.3 is 0 Å². The number of carbonyl (C=O) groups excluding carboxylic acids is 1. The van der Waals surface area contributed by atoms with Gasteiger partial charge < -0.3 is 5.32 Å². The van der Waals surface area contributed by atoms with Crippen LogP contribution in [0.3, 0.4) is 0 Å². The zero-order valence-electron chi connectivity index (χ0n) is 12.5. The maximum Gasteiger partial charge on any atom is 0.225 e. The van der Waals surface area contributed by atoms with Crippen LogP contribution in [0.15, 0.2) is 24.3 Å². The molecule has 3 heteroatoms. The summed E-state index contributed by atoms with van der Waals surface area (Å²) in [6.07, 6.45) is 0.870. The summed E-state index contributed by atoms with van der Waals surface area (Å²) in [7, 11) is 0. The summed E-state index contributed by atoms with van der Waals surface area (Å²) in [4.78, 5) is 11.8. The van der Waals surface area contributed by atoms with Crippen molar-refractivity contribution in [2.24, 2.45) is 5.41 Å². The van der Waals surface area contributed by atoms with E-state index in [0.29, 0.717) is 0 Å². The Morgan fingerprint density at radius 2 is 1.89 bits per heavy atom. The zero-order valence-corrected chi connectivity index (χ0v) is 13.3. The van der Waals surface area contributed by atoms with E-state index in [-0.39, 0.29) is 11.3 Å². The normalized spacial score (nSPS) is 11.4. The number of nitrogens with one attached hydrogen (secondary N) is 1. The molecule has 0 aliphatic rings. The molecule has 0 unspecified atom stereocenters. The number of aryl methyl sites for hydroxylation is 1. The fraction of sp³-hybridized carbons (Fsp3) is 0.562. The van der Waals surface area contributed by atoms with Crippen molar-refractivity contribution in [1.82, 2.24) is 5.32 Å². The summed E-state index contributed by atoms with van der Waals surface area (Å²) in [5.41, 5.74) is 2.39. The van der Waals surface area contributed by atoms with Crippen molar-refractivity contribution in [2.75, 3.05) is 12.3 Å². The molecule has 1 amide bonds. The van der Waals surface area contributed by atoms with E-state index in [1.807, 2.05) is 32.5 Å². The Morgan fingerprint density at radius 1 is 1.26 bits per heavy atom. The van der Waals surface area contributed by atoms with Gasteiger partial charge in [0.25, 0.3) is 0 Å². The van der Waals surface area contributed by atoms with Gasteiger partial charge in [-0.1, -0.05) is 50.6 Å². The lowest BCUT2D eigenvalue weighted by Crippen LogP contribution is -2.37. The zero-order chi connectivity index (χ0) is 14.3. The third kappa shape index (κ3) is 5.68. The monoisotopic (exact) mass is 279 g/mol. The van der Waals surface area contributed by atoms with Gasteiger partial charge in [-0.25, -0.2) is 0 Å². The molecule has 1 N–H and O–H groups in total. The molecule has 1 rings (SSSR count). The second-order valence-electron chi connectivity index (χ2n) is 5.53. The Kier molecular flexibility index (Phi) is 6.43. The maximum atomic E-state index is 11.8. The minimum absolute atomic E-state index is 0.158. The van der Waals surface area contributed by atoms with Crippen LogP contribution in [0, 0.1) is 12.3 Å². The molecular formula is C16H25NOS. The fourth-order valence-electron chi connectivity index (χ4n) is 1.51. The topological polar surface area (TPSA) is 29.1 Å². The number of rotatable bonds is 7. The van der Waals surface area contributed by atoms with Crippen LogP contribution in [-0.2, 0) is 10.5 Å². The van der Waals surface area contributed by atoms with Gasteiger partial charge in [0.1, 0.15) is 0 Å². The van der Waals surface area contributed by atoms with Crippen LogP contribution in [0.2, 0.25) is 0 Å². The fourth-order valence-corrected chi connectivity index (χ4v) is 2.33. The van der Waals surface area contributed by atoms with Crippen LogP contribution < -0.4 is 5.32 Å². The van der Waals surface area contributed by atoms with E-state index in [9.17, 15) is 4.79 Å². The van der Waals surface area contributed by atoms with E-state index in [4.69, 9.17) is 0 Å². The van der Waals surface area contributed by atoms with E-state index in [1.54, 1.807) is 0 Å². The molecule has 0 aromatic heterocycles. The molecule has 0 aliphatic carbocycles. The van der Waals surface area contributed by atoms with E-state index in [2.05, 4.69) is 36.5 Å². The summed E-state index contributed by atoms with van der Waals surface area (Å²) >= 11 is 1.86. The highest BCUT2D eigenvalue weighted by Crippen LogP contribution is 2.19. The molecule has 0 heterocycles. The molecule has 1 aromatic carbocycles. The molecule has 106 valence electrons. The van der Waals surface area contributed by atoms with Crippen molar-refractivity contribution in [3.63, 3.8) is 0 Å². The van der Waals surface area contributed by atoms with Crippen molar-refractivity contribution < 1.29 is 4.79 Å². The Bertz CT molecular complexity index is 398. The van der Waals surface area contributed by atoms with Crippen molar-refractivity contribution in [2.45, 2.75) is 39.9 Å². The first kappa shape index (κ1) is 16.1. The molecule has 0 spiro atoms. The first-order chi connectivity index (χ1) is 8.95. The lowest BCUT2D eigenvalue weighted by Gasteiger charge is -2.21. The highest BCUT2D eigenvalue weighted by atomic mass is 32.2. The van der Waals surface area contributed by atoms with Crippen molar-refractivity contribution >= 4 is 17.7 Å². The van der Waals surface area contributed by atoms with E-state index >= 15 is 0 Å². The van der Waals surface area contributed by atoms with Gasteiger partial charge in [0.15, 0.2) is 0 Å². The first-order valence-corrected chi connectivity index (χ1v) is 8.03. The number of thioether (sulfide) groups is 1. The number of carbonyl (C=O) groups is 1. The van der Waals surface area contributed by atoms with E-state index in [0.717, 1.165) is 24.5 Å². The van der Waals surface area contributed by atoms with Gasteiger partial charge in [-0.15, -0.1) is 0 Å². The molecule has 0 radical (unpaired) electrons. The molecule has 0 saturated carbocycles. The molecular weight excluding hydrogens is 254 g/mol. The molecule has 0 aliphatic heterocycles. The summed E-state index contributed by atoms with van der Waals surface area (Å²) in [6.45, 7) is 8.87. The van der Waals surface area contributed by atoms with E-state index in [1.165, 1.54) is 11.1 Å². The highest BCUT2D eigenvalue weighted by molar-refractivity contribution is 7.98. The SMILES string of the molecule is CCC(C)(C)C(=O)NCCSCc1ccc(C)cc1. The maximum absolute atomic E-state index is 11.8. The number of amides is 1. The van der Waals surface area contributed by atoms with Crippen molar-refractivity contribution in [3.8, 4) is 0 Å². The molecule has 1 aromatic rings. The smallest absolute Gasteiger partial charge is 0.225 e. The molecule has 0 fully saturated rings. The summed E-state index contributed by atoms with van der Waals surface area (Å²) in [6, 6.07) is 8.62. The number of hydrogen-bond acceptors (Lipinski definition) is 2. The molecule has 19 heavy (non-hydrogen) atoms. The minimum Gasteiger partial charge on any atom is -0.355 e. The third-order valence-corrected chi connectivity index (χ3v) is 4.45. The van der Waals surface area contributed by atoms with E-state index < -0.39 is 0 Å². The van der Waals surface area contributed by atoms with Crippen LogP contribution in [0.4, 0.5) is 0 Å². The quantitative estimate of drug-likeness (QED) is 0.770. The average Bonchev–Trinajstić information content (AvgIpc) is 2.40. The van der Waals surface area contributed by atoms with Crippen molar-refractivity contribution in [3.05, 3.63) is 35.4 Å². The van der Waals surface area contributed by atoms with Gasteiger partial charge in [-0.2, -0.15) is 11.8 Å².